The van der Waals surface area contributed by atoms with Crippen molar-refractivity contribution in [3.63, 3.8) is 0 Å². The molecular formula is C16H15BrO4. The summed E-state index contributed by atoms with van der Waals surface area (Å²) in [6.07, 6.45) is 0. The minimum atomic E-state index is -0.945. The molecule has 0 amide bonds. The molecule has 2 rings (SSSR count). The Morgan fingerprint density at radius 3 is 2.52 bits per heavy atom. The van der Waals surface area contributed by atoms with E-state index in [0.717, 1.165) is 15.8 Å². The van der Waals surface area contributed by atoms with Gasteiger partial charge in [-0.05, 0) is 29.8 Å². The van der Waals surface area contributed by atoms with Gasteiger partial charge in [0, 0.05) is 4.47 Å². The molecule has 0 radical (unpaired) electrons. The maximum atomic E-state index is 10.8. The molecule has 0 aromatic heterocycles. The summed E-state index contributed by atoms with van der Waals surface area (Å²) in [6.45, 7) is 1.33. The van der Waals surface area contributed by atoms with Gasteiger partial charge in [0.05, 0.1) is 18.8 Å². The van der Waals surface area contributed by atoms with Crippen LogP contribution in [0.4, 0.5) is 0 Å². The van der Waals surface area contributed by atoms with E-state index in [1.807, 2.05) is 30.3 Å². The van der Waals surface area contributed by atoms with Crippen LogP contribution in [0.2, 0.25) is 0 Å². The summed E-state index contributed by atoms with van der Waals surface area (Å²) in [6, 6.07) is 14.4. The van der Waals surface area contributed by atoms with Gasteiger partial charge in [0.1, 0.15) is 12.4 Å². The van der Waals surface area contributed by atoms with E-state index in [0.29, 0.717) is 19.8 Å². The molecule has 5 heteroatoms. The molecule has 2 aromatic rings. The van der Waals surface area contributed by atoms with E-state index < -0.39 is 5.97 Å². The lowest BCUT2D eigenvalue weighted by Crippen LogP contribution is -2.07. The fourth-order valence-corrected chi connectivity index (χ4v) is 2.21. The van der Waals surface area contributed by atoms with E-state index in [-0.39, 0.29) is 5.56 Å². The summed E-state index contributed by atoms with van der Waals surface area (Å²) < 4.78 is 11.8. The Hall–Kier alpha value is -1.85. The number of carboxylic acids is 1. The highest BCUT2D eigenvalue weighted by Crippen LogP contribution is 2.19. The van der Waals surface area contributed by atoms with Crippen LogP contribution in [-0.2, 0) is 11.3 Å². The zero-order valence-electron chi connectivity index (χ0n) is 11.3. The number of hydrogen-bond donors (Lipinski definition) is 1. The van der Waals surface area contributed by atoms with Crippen LogP contribution in [0.25, 0.3) is 0 Å². The van der Waals surface area contributed by atoms with Gasteiger partial charge in [-0.2, -0.15) is 0 Å². The van der Waals surface area contributed by atoms with Crippen LogP contribution >= 0.6 is 15.9 Å². The summed E-state index contributed by atoms with van der Waals surface area (Å²) >= 11 is 3.35. The summed E-state index contributed by atoms with van der Waals surface area (Å²) in [5.74, 6) is -0.132. The van der Waals surface area contributed by atoms with Crippen LogP contribution in [0.5, 0.6) is 5.75 Å². The molecule has 0 fully saturated rings. The minimum absolute atomic E-state index is 0.248. The average molecular weight is 351 g/mol. The van der Waals surface area contributed by atoms with Gasteiger partial charge in [0.2, 0.25) is 0 Å². The number of ether oxygens (including phenoxy) is 2. The lowest BCUT2D eigenvalue weighted by atomic mass is 10.1. The second kappa shape index (κ2) is 7.81. The summed E-state index contributed by atoms with van der Waals surface area (Å²) in [5.41, 5.74) is 1.15. The maximum absolute atomic E-state index is 10.8. The van der Waals surface area contributed by atoms with Crippen LogP contribution in [0, 0.1) is 0 Å². The number of hydrogen-bond acceptors (Lipinski definition) is 3. The molecule has 0 bridgehead atoms. The van der Waals surface area contributed by atoms with Crippen molar-refractivity contribution in [2.45, 2.75) is 6.61 Å². The molecule has 0 aliphatic rings. The van der Waals surface area contributed by atoms with Crippen LogP contribution in [0.15, 0.2) is 53.0 Å². The largest absolute Gasteiger partial charge is 0.491 e. The van der Waals surface area contributed by atoms with Crippen molar-refractivity contribution in [2.75, 3.05) is 13.2 Å². The van der Waals surface area contributed by atoms with Gasteiger partial charge in [-0.25, -0.2) is 4.79 Å². The first-order chi connectivity index (χ1) is 10.2. The number of carboxylic acid groups (broad SMARTS) is 1. The molecule has 0 heterocycles. The smallest absolute Gasteiger partial charge is 0.335 e. The lowest BCUT2D eigenvalue weighted by molar-refractivity contribution is 0.0696. The van der Waals surface area contributed by atoms with Crippen molar-refractivity contribution < 1.29 is 19.4 Å². The van der Waals surface area contributed by atoms with Crippen LogP contribution in [0.1, 0.15) is 15.9 Å². The molecule has 110 valence electrons. The molecular weight excluding hydrogens is 336 g/mol. The monoisotopic (exact) mass is 350 g/mol. The number of para-hydroxylation sites is 1. The van der Waals surface area contributed by atoms with Gasteiger partial charge in [-0.15, -0.1) is 0 Å². The van der Waals surface area contributed by atoms with Crippen molar-refractivity contribution in [1.82, 2.24) is 0 Å². The molecule has 0 saturated carbocycles. The van der Waals surface area contributed by atoms with Gasteiger partial charge in [-0.1, -0.05) is 40.2 Å². The molecule has 0 saturated heterocycles. The first-order valence-electron chi connectivity index (χ1n) is 6.44. The number of benzene rings is 2. The molecule has 4 nitrogen and oxygen atoms in total. The van der Waals surface area contributed by atoms with E-state index in [9.17, 15) is 4.79 Å². The number of aromatic carboxylic acids is 1. The third-order valence-electron chi connectivity index (χ3n) is 2.80. The second-order valence-corrected chi connectivity index (χ2v) is 5.18. The number of carbonyl (C=O) groups is 1. The van der Waals surface area contributed by atoms with E-state index in [1.165, 1.54) is 0 Å². The van der Waals surface area contributed by atoms with Crippen molar-refractivity contribution >= 4 is 21.9 Å². The average Bonchev–Trinajstić information content (AvgIpc) is 2.49. The molecule has 0 spiro atoms. The standard InChI is InChI=1S/C16H15BrO4/c17-15-10-12(16(18)19)6-7-13(15)11-20-8-9-21-14-4-2-1-3-5-14/h1-7,10H,8-9,11H2,(H,18,19). The van der Waals surface area contributed by atoms with Crippen molar-refractivity contribution in [3.05, 3.63) is 64.1 Å². The van der Waals surface area contributed by atoms with Crippen molar-refractivity contribution in [2.24, 2.45) is 0 Å². The van der Waals surface area contributed by atoms with E-state index in [2.05, 4.69) is 15.9 Å². The van der Waals surface area contributed by atoms with Crippen LogP contribution in [0.3, 0.4) is 0 Å². The van der Waals surface area contributed by atoms with E-state index >= 15 is 0 Å². The molecule has 21 heavy (non-hydrogen) atoms. The normalized spacial score (nSPS) is 10.3. The third-order valence-corrected chi connectivity index (χ3v) is 3.54. The molecule has 0 unspecified atom stereocenters. The topological polar surface area (TPSA) is 55.8 Å². The maximum Gasteiger partial charge on any atom is 0.335 e. The Morgan fingerprint density at radius 2 is 1.86 bits per heavy atom. The predicted octanol–water partition coefficient (Wildman–Crippen LogP) is 3.74. The Bertz CT molecular complexity index is 598. The second-order valence-electron chi connectivity index (χ2n) is 4.33. The molecule has 0 aliphatic heterocycles. The van der Waals surface area contributed by atoms with E-state index in [1.54, 1.807) is 18.2 Å². The minimum Gasteiger partial charge on any atom is -0.491 e. The van der Waals surface area contributed by atoms with Gasteiger partial charge in [0.25, 0.3) is 0 Å². The Kier molecular flexibility index (Phi) is 5.78. The first kappa shape index (κ1) is 15.5. The van der Waals surface area contributed by atoms with Crippen LogP contribution in [-0.4, -0.2) is 24.3 Å². The van der Waals surface area contributed by atoms with Crippen molar-refractivity contribution in [3.8, 4) is 5.75 Å². The summed E-state index contributed by atoms with van der Waals surface area (Å²) in [7, 11) is 0. The van der Waals surface area contributed by atoms with Gasteiger partial charge in [0.15, 0.2) is 0 Å². The van der Waals surface area contributed by atoms with E-state index in [4.69, 9.17) is 14.6 Å². The predicted molar refractivity (Wildman–Crippen MR) is 82.7 cm³/mol. The summed E-state index contributed by atoms with van der Waals surface area (Å²) in [5, 5.41) is 8.89. The SMILES string of the molecule is O=C(O)c1ccc(COCCOc2ccccc2)c(Br)c1. The van der Waals surface area contributed by atoms with Crippen LogP contribution < -0.4 is 4.74 Å². The Balaban J connectivity index is 1.75. The Morgan fingerprint density at radius 1 is 1.10 bits per heavy atom. The zero-order valence-corrected chi connectivity index (χ0v) is 12.9. The quantitative estimate of drug-likeness (QED) is 0.772. The number of rotatable bonds is 7. The van der Waals surface area contributed by atoms with Gasteiger partial charge in [-0.3, -0.25) is 0 Å². The summed E-state index contributed by atoms with van der Waals surface area (Å²) in [4.78, 5) is 10.8. The molecule has 2 aromatic carbocycles. The Labute approximate surface area is 131 Å². The molecule has 0 aliphatic carbocycles. The fourth-order valence-electron chi connectivity index (χ4n) is 1.71. The molecule has 1 N–H and O–H groups in total. The molecule has 0 atom stereocenters. The van der Waals surface area contributed by atoms with Crippen molar-refractivity contribution in [1.29, 1.82) is 0 Å². The first-order valence-corrected chi connectivity index (χ1v) is 7.23. The highest BCUT2D eigenvalue weighted by atomic mass is 79.9. The highest BCUT2D eigenvalue weighted by molar-refractivity contribution is 9.10. The van der Waals surface area contributed by atoms with Gasteiger partial charge >= 0.3 is 5.97 Å². The fraction of sp³-hybridized carbons (Fsp3) is 0.188. The number of halogens is 1. The lowest BCUT2D eigenvalue weighted by Gasteiger charge is -2.08. The van der Waals surface area contributed by atoms with Gasteiger partial charge < -0.3 is 14.6 Å². The zero-order chi connectivity index (χ0) is 15.1. The highest BCUT2D eigenvalue weighted by Gasteiger charge is 2.06. The third kappa shape index (κ3) is 4.88.